The summed E-state index contributed by atoms with van der Waals surface area (Å²) in [5.41, 5.74) is 2.39. The monoisotopic (exact) mass is 268 g/mol. The van der Waals surface area contributed by atoms with Gasteiger partial charge in [-0.3, -0.25) is 0 Å². The van der Waals surface area contributed by atoms with Gasteiger partial charge in [-0.1, -0.05) is 38.4 Å². The standard InChI is InChI=1S/C15H25ClN2/c1-5-9-18(6-2)14-8-7-13(15(16)10-14)11-17-12(3)4/h7-8,10,12,17H,5-6,9,11H2,1-4H3. The normalized spacial score (nSPS) is 11.0. The molecule has 102 valence electrons. The fraction of sp³-hybridized carbons (Fsp3) is 0.600. The molecule has 0 heterocycles. The van der Waals surface area contributed by atoms with Crippen molar-refractivity contribution in [1.82, 2.24) is 5.32 Å². The molecule has 1 aromatic carbocycles. The van der Waals surface area contributed by atoms with Crippen molar-refractivity contribution in [3.05, 3.63) is 28.8 Å². The fourth-order valence-corrected chi connectivity index (χ4v) is 2.17. The molecule has 0 atom stereocenters. The molecule has 0 saturated heterocycles. The molecule has 0 fully saturated rings. The highest BCUT2D eigenvalue weighted by atomic mass is 35.5. The molecule has 0 aliphatic carbocycles. The van der Waals surface area contributed by atoms with E-state index in [1.54, 1.807) is 0 Å². The van der Waals surface area contributed by atoms with Gasteiger partial charge < -0.3 is 10.2 Å². The molecular weight excluding hydrogens is 244 g/mol. The fourth-order valence-electron chi connectivity index (χ4n) is 1.93. The van der Waals surface area contributed by atoms with Crippen LogP contribution in [0.15, 0.2) is 18.2 Å². The second-order valence-corrected chi connectivity index (χ2v) is 5.30. The van der Waals surface area contributed by atoms with E-state index in [4.69, 9.17) is 11.6 Å². The lowest BCUT2D eigenvalue weighted by Crippen LogP contribution is -2.24. The van der Waals surface area contributed by atoms with Gasteiger partial charge in [0.15, 0.2) is 0 Å². The Morgan fingerprint density at radius 1 is 1.28 bits per heavy atom. The number of anilines is 1. The van der Waals surface area contributed by atoms with Crippen molar-refractivity contribution >= 4 is 17.3 Å². The first kappa shape index (κ1) is 15.3. The minimum absolute atomic E-state index is 0.480. The van der Waals surface area contributed by atoms with E-state index in [-0.39, 0.29) is 0 Å². The summed E-state index contributed by atoms with van der Waals surface area (Å²) in [5, 5.41) is 4.25. The molecule has 1 aromatic rings. The molecule has 0 aliphatic rings. The number of hydrogen-bond acceptors (Lipinski definition) is 2. The summed E-state index contributed by atoms with van der Waals surface area (Å²) in [4.78, 5) is 2.35. The number of rotatable bonds is 7. The van der Waals surface area contributed by atoms with E-state index in [1.165, 1.54) is 11.3 Å². The van der Waals surface area contributed by atoms with Crippen molar-refractivity contribution in [3.63, 3.8) is 0 Å². The zero-order valence-corrected chi connectivity index (χ0v) is 12.7. The van der Waals surface area contributed by atoms with Gasteiger partial charge in [-0.15, -0.1) is 0 Å². The summed E-state index contributed by atoms with van der Waals surface area (Å²) < 4.78 is 0. The minimum atomic E-state index is 0.480. The van der Waals surface area contributed by atoms with Crippen molar-refractivity contribution < 1.29 is 0 Å². The minimum Gasteiger partial charge on any atom is -0.372 e. The van der Waals surface area contributed by atoms with Crippen molar-refractivity contribution in [1.29, 1.82) is 0 Å². The van der Waals surface area contributed by atoms with Crippen molar-refractivity contribution in [2.24, 2.45) is 0 Å². The predicted octanol–water partition coefficient (Wildman–Crippen LogP) is 4.07. The largest absolute Gasteiger partial charge is 0.372 e. The van der Waals surface area contributed by atoms with Crippen LogP contribution in [0.5, 0.6) is 0 Å². The second kappa shape index (κ2) is 7.65. The zero-order valence-electron chi connectivity index (χ0n) is 12.0. The Kier molecular flexibility index (Phi) is 6.51. The van der Waals surface area contributed by atoms with E-state index in [0.29, 0.717) is 6.04 Å². The van der Waals surface area contributed by atoms with E-state index in [9.17, 15) is 0 Å². The van der Waals surface area contributed by atoms with Crippen molar-refractivity contribution in [2.75, 3.05) is 18.0 Å². The first-order chi connectivity index (χ1) is 8.58. The molecule has 18 heavy (non-hydrogen) atoms. The molecule has 0 amide bonds. The Hall–Kier alpha value is -0.730. The Morgan fingerprint density at radius 3 is 2.50 bits per heavy atom. The number of hydrogen-bond donors (Lipinski definition) is 1. The van der Waals surface area contributed by atoms with E-state index in [2.05, 4.69) is 56.1 Å². The molecule has 0 bridgehead atoms. The summed E-state index contributed by atoms with van der Waals surface area (Å²) >= 11 is 6.35. The molecule has 3 heteroatoms. The highest BCUT2D eigenvalue weighted by molar-refractivity contribution is 6.31. The van der Waals surface area contributed by atoms with Crippen LogP contribution >= 0.6 is 11.6 Å². The molecular formula is C15H25ClN2. The van der Waals surface area contributed by atoms with Gasteiger partial charge in [0.1, 0.15) is 0 Å². The number of nitrogens with zero attached hydrogens (tertiary/aromatic N) is 1. The smallest absolute Gasteiger partial charge is 0.0471 e. The molecule has 0 aromatic heterocycles. The Labute approximate surface area is 116 Å². The first-order valence-electron chi connectivity index (χ1n) is 6.85. The average Bonchev–Trinajstić information content (AvgIpc) is 2.34. The number of halogens is 1. The van der Waals surface area contributed by atoms with Crippen LogP contribution < -0.4 is 10.2 Å². The Morgan fingerprint density at radius 2 is 2.00 bits per heavy atom. The second-order valence-electron chi connectivity index (χ2n) is 4.89. The maximum absolute atomic E-state index is 6.35. The van der Waals surface area contributed by atoms with Crippen LogP contribution in [0.2, 0.25) is 5.02 Å². The summed E-state index contributed by atoms with van der Waals surface area (Å²) in [6, 6.07) is 6.86. The van der Waals surface area contributed by atoms with Gasteiger partial charge in [-0.25, -0.2) is 0 Å². The van der Waals surface area contributed by atoms with Gasteiger partial charge in [-0.2, -0.15) is 0 Å². The van der Waals surface area contributed by atoms with E-state index in [1.807, 2.05) is 0 Å². The summed E-state index contributed by atoms with van der Waals surface area (Å²) in [5.74, 6) is 0. The van der Waals surface area contributed by atoms with Crippen LogP contribution in [0.1, 0.15) is 39.7 Å². The lowest BCUT2D eigenvalue weighted by molar-refractivity contribution is 0.589. The summed E-state index contributed by atoms with van der Waals surface area (Å²) in [6.07, 6.45) is 1.15. The summed E-state index contributed by atoms with van der Waals surface area (Å²) in [7, 11) is 0. The molecule has 0 spiro atoms. The van der Waals surface area contributed by atoms with Crippen LogP contribution in [0.3, 0.4) is 0 Å². The molecule has 0 unspecified atom stereocenters. The third kappa shape index (κ3) is 4.51. The van der Waals surface area contributed by atoms with Gasteiger partial charge in [-0.05, 0) is 31.0 Å². The highest BCUT2D eigenvalue weighted by Crippen LogP contribution is 2.24. The molecule has 2 nitrogen and oxygen atoms in total. The van der Waals surface area contributed by atoms with Crippen LogP contribution in [-0.2, 0) is 6.54 Å². The van der Waals surface area contributed by atoms with Crippen molar-refractivity contribution in [3.8, 4) is 0 Å². The zero-order chi connectivity index (χ0) is 13.5. The SMILES string of the molecule is CCCN(CC)c1ccc(CNC(C)C)c(Cl)c1. The van der Waals surface area contributed by atoms with E-state index < -0.39 is 0 Å². The van der Waals surface area contributed by atoms with Crippen LogP contribution in [0.4, 0.5) is 5.69 Å². The van der Waals surface area contributed by atoms with Crippen molar-refractivity contribution in [2.45, 2.75) is 46.7 Å². The Bertz CT molecular complexity index is 364. The third-order valence-electron chi connectivity index (χ3n) is 2.98. The molecule has 0 radical (unpaired) electrons. The van der Waals surface area contributed by atoms with E-state index in [0.717, 1.165) is 31.1 Å². The molecule has 0 saturated carbocycles. The third-order valence-corrected chi connectivity index (χ3v) is 3.33. The first-order valence-corrected chi connectivity index (χ1v) is 7.23. The van der Waals surface area contributed by atoms with Gasteiger partial charge in [0, 0.05) is 36.4 Å². The quantitative estimate of drug-likeness (QED) is 0.802. The van der Waals surface area contributed by atoms with Crippen LogP contribution in [-0.4, -0.2) is 19.1 Å². The van der Waals surface area contributed by atoms with Gasteiger partial charge in [0.05, 0.1) is 0 Å². The van der Waals surface area contributed by atoms with Gasteiger partial charge >= 0.3 is 0 Å². The maximum Gasteiger partial charge on any atom is 0.0471 e. The molecule has 1 N–H and O–H groups in total. The topological polar surface area (TPSA) is 15.3 Å². The number of benzene rings is 1. The summed E-state index contributed by atoms with van der Waals surface area (Å²) in [6.45, 7) is 11.6. The molecule has 0 aliphatic heterocycles. The van der Waals surface area contributed by atoms with E-state index >= 15 is 0 Å². The predicted molar refractivity (Wildman–Crippen MR) is 81.6 cm³/mol. The van der Waals surface area contributed by atoms with Gasteiger partial charge in [0.25, 0.3) is 0 Å². The highest BCUT2D eigenvalue weighted by Gasteiger charge is 2.07. The average molecular weight is 269 g/mol. The lowest BCUT2D eigenvalue weighted by atomic mass is 10.1. The van der Waals surface area contributed by atoms with Gasteiger partial charge in [0.2, 0.25) is 0 Å². The maximum atomic E-state index is 6.35. The number of nitrogens with one attached hydrogen (secondary N) is 1. The van der Waals surface area contributed by atoms with Crippen LogP contribution in [0, 0.1) is 0 Å². The Balaban J connectivity index is 2.77. The molecule has 1 rings (SSSR count). The lowest BCUT2D eigenvalue weighted by Gasteiger charge is -2.23. The van der Waals surface area contributed by atoms with Crippen LogP contribution in [0.25, 0.3) is 0 Å².